The zero-order valence-corrected chi connectivity index (χ0v) is 8.06. The van der Waals surface area contributed by atoms with Crippen molar-refractivity contribution in [2.75, 3.05) is 5.32 Å². The maximum absolute atomic E-state index is 5.82. The van der Waals surface area contributed by atoms with Gasteiger partial charge in [0.1, 0.15) is 0 Å². The Morgan fingerprint density at radius 1 is 1.21 bits per heavy atom. The molecule has 1 aromatic rings. The molecule has 1 aromatic heterocycles. The average molecular weight is 193 g/mol. The van der Waals surface area contributed by atoms with Crippen LogP contribution in [0.5, 0.6) is 0 Å². The molecule has 1 aliphatic carbocycles. The lowest BCUT2D eigenvalue weighted by Gasteiger charge is -2.26. The Balaban J connectivity index is 1.87. The molecule has 1 saturated carbocycles. The van der Waals surface area contributed by atoms with Crippen molar-refractivity contribution in [2.45, 2.75) is 37.8 Å². The van der Waals surface area contributed by atoms with E-state index in [2.05, 4.69) is 20.5 Å². The number of hydrogen-bond donors (Lipinski definition) is 2. The zero-order chi connectivity index (χ0) is 9.80. The summed E-state index contributed by atoms with van der Waals surface area (Å²) in [6.07, 6.45) is 7.57. The second-order valence-electron chi connectivity index (χ2n) is 3.72. The SMILES string of the molecule is NC1CCC(Nc2nccnn2)CC1. The molecule has 14 heavy (non-hydrogen) atoms. The molecule has 1 aliphatic rings. The first kappa shape index (κ1) is 9.33. The molecule has 3 N–H and O–H groups in total. The molecule has 2 rings (SSSR count). The number of hydrogen-bond acceptors (Lipinski definition) is 5. The van der Waals surface area contributed by atoms with Gasteiger partial charge in [-0.2, -0.15) is 5.10 Å². The Morgan fingerprint density at radius 3 is 2.64 bits per heavy atom. The second kappa shape index (κ2) is 4.32. The van der Waals surface area contributed by atoms with Gasteiger partial charge in [-0.05, 0) is 25.7 Å². The van der Waals surface area contributed by atoms with Crippen molar-refractivity contribution < 1.29 is 0 Å². The van der Waals surface area contributed by atoms with Gasteiger partial charge in [0.25, 0.3) is 0 Å². The van der Waals surface area contributed by atoms with E-state index in [4.69, 9.17) is 5.73 Å². The zero-order valence-electron chi connectivity index (χ0n) is 8.06. The fourth-order valence-electron chi connectivity index (χ4n) is 1.76. The molecule has 76 valence electrons. The van der Waals surface area contributed by atoms with Gasteiger partial charge in [0.05, 0.1) is 12.4 Å². The maximum atomic E-state index is 5.82. The van der Waals surface area contributed by atoms with E-state index in [1.165, 1.54) is 0 Å². The minimum absolute atomic E-state index is 0.378. The molecule has 0 amide bonds. The predicted octanol–water partition coefficient (Wildman–Crippen LogP) is 0.553. The van der Waals surface area contributed by atoms with Gasteiger partial charge in [-0.1, -0.05) is 0 Å². The molecule has 0 atom stereocenters. The third-order valence-corrected chi connectivity index (χ3v) is 2.59. The highest BCUT2D eigenvalue weighted by atomic mass is 15.2. The largest absolute Gasteiger partial charge is 0.350 e. The van der Waals surface area contributed by atoms with E-state index < -0.39 is 0 Å². The van der Waals surface area contributed by atoms with E-state index in [0.29, 0.717) is 18.0 Å². The average Bonchev–Trinajstić information content (AvgIpc) is 2.23. The number of anilines is 1. The molecule has 0 radical (unpaired) electrons. The van der Waals surface area contributed by atoms with E-state index in [1.807, 2.05) is 0 Å². The first-order valence-corrected chi connectivity index (χ1v) is 5.00. The molecular formula is C9H15N5. The Labute approximate surface area is 83.1 Å². The summed E-state index contributed by atoms with van der Waals surface area (Å²) >= 11 is 0. The van der Waals surface area contributed by atoms with Gasteiger partial charge in [0.15, 0.2) is 0 Å². The normalized spacial score (nSPS) is 27.2. The number of nitrogens with two attached hydrogens (primary N) is 1. The molecule has 0 bridgehead atoms. The van der Waals surface area contributed by atoms with Gasteiger partial charge >= 0.3 is 0 Å². The summed E-state index contributed by atoms with van der Waals surface area (Å²) in [5, 5.41) is 10.9. The van der Waals surface area contributed by atoms with Crippen LogP contribution in [0, 0.1) is 0 Å². The van der Waals surface area contributed by atoms with Gasteiger partial charge in [-0.3, -0.25) is 0 Å². The minimum Gasteiger partial charge on any atom is -0.350 e. The Hall–Kier alpha value is -1.23. The van der Waals surface area contributed by atoms with Gasteiger partial charge in [0, 0.05) is 12.1 Å². The second-order valence-corrected chi connectivity index (χ2v) is 3.72. The van der Waals surface area contributed by atoms with Crippen molar-refractivity contribution in [3.63, 3.8) is 0 Å². The third kappa shape index (κ3) is 2.38. The number of nitrogens with one attached hydrogen (secondary N) is 1. The number of aromatic nitrogens is 3. The number of nitrogens with zero attached hydrogens (tertiary/aromatic N) is 3. The summed E-state index contributed by atoms with van der Waals surface area (Å²) in [5.74, 6) is 0.618. The van der Waals surface area contributed by atoms with Gasteiger partial charge < -0.3 is 11.1 Å². The van der Waals surface area contributed by atoms with Crippen molar-refractivity contribution in [3.05, 3.63) is 12.4 Å². The summed E-state index contributed by atoms with van der Waals surface area (Å²) in [7, 11) is 0. The molecule has 0 aliphatic heterocycles. The van der Waals surface area contributed by atoms with Crippen molar-refractivity contribution in [1.82, 2.24) is 15.2 Å². The van der Waals surface area contributed by atoms with E-state index >= 15 is 0 Å². The van der Waals surface area contributed by atoms with Crippen LogP contribution >= 0.6 is 0 Å². The third-order valence-electron chi connectivity index (χ3n) is 2.59. The summed E-state index contributed by atoms with van der Waals surface area (Å²) in [5.41, 5.74) is 5.82. The van der Waals surface area contributed by atoms with E-state index in [0.717, 1.165) is 25.7 Å². The molecule has 5 nitrogen and oxygen atoms in total. The minimum atomic E-state index is 0.378. The van der Waals surface area contributed by atoms with Gasteiger partial charge in [-0.15, -0.1) is 5.10 Å². The smallest absolute Gasteiger partial charge is 0.242 e. The van der Waals surface area contributed by atoms with Gasteiger partial charge in [0.2, 0.25) is 5.95 Å². The molecule has 1 heterocycles. The standard InChI is InChI=1S/C9H15N5/c10-7-1-3-8(4-2-7)13-9-11-5-6-12-14-9/h5-8H,1-4,10H2,(H,11,13,14). The van der Waals surface area contributed by atoms with Crippen molar-refractivity contribution in [1.29, 1.82) is 0 Å². The highest BCUT2D eigenvalue weighted by Gasteiger charge is 2.18. The lowest BCUT2D eigenvalue weighted by molar-refractivity contribution is 0.409. The summed E-state index contributed by atoms with van der Waals surface area (Å²) < 4.78 is 0. The highest BCUT2D eigenvalue weighted by Crippen LogP contribution is 2.19. The van der Waals surface area contributed by atoms with Crippen LogP contribution in [0.1, 0.15) is 25.7 Å². The van der Waals surface area contributed by atoms with Crippen LogP contribution in [0.15, 0.2) is 12.4 Å². The highest BCUT2D eigenvalue weighted by molar-refractivity contribution is 5.22. The maximum Gasteiger partial charge on any atom is 0.242 e. The molecule has 0 spiro atoms. The Morgan fingerprint density at radius 2 is 2.00 bits per heavy atom. The van der Waals surface area contributed by atoms with Crippen LogP contribution in [0.25, 0.3) is 0 Å². The number of rotatable bonds is 2. The quantitative estimate of drug-likeness (QED) is 0.717. The lowest BCUT2D eigenvalue weighted by atomic mass is 9.92. The van der Waals surface area contributed by atoms with Crippen LogP contribution in [0.2, 0.25) is 0 Å². The van der Waals surface area contributed by atoms with E-state index in [1.54, 1.807) is 12.4 Å². The molecule has 5 heteroatoms. The van der Waals surface area contributed by atoms with Gasteiger partial charge in [-0.25, -0.2) is 4.98 Å². The fourth-order valence-corrected chi connectivity index (χ4v) is 1.76. The summed E-state index contributed by atoms with van der Waals surface area (Å²) in [6, 6.07) is 0.835. The monoisotopic (exact) mass is 193 g/mol. The van der Waals surface area contributed by atoms with E-state index in [9.17, 15) is 0 Å². The molecule has 0 aromatic carbocycles. The fraction of sp³-hybridized carbons (Fsp3) is 0.667. The molecule has 0 saturated heterocycles. The first-order chi connectivity index (χ1) is 6.84. The van der Waals surface area contributed by atoms with Crippen LogP contribution in [-0.2, 0) is 0 Å². The first-order valence-electron chi connectivity index (χ1n) is 5.00. The Kier molecular flexibility index (Phi) is 2.88. The van der Waals surface area contributed by atoms with Crippen molar-refractivity contribution >= 4 is 5.95 Å². The summed E-state index contributed by atoms with van der Waals surface area (Å²) in [6.45, 7) is 0. The van der Waals surface area contributed by atoms with Crippen LogP contribution in [0.4, 0.5) is 5.95 Å². The van der Waals surface area contributed by atoms with Crippen LogP contribution < -0.4 is 11.1 Å². The predicted molar refractivity (Wildman–Crippen MR) is 53.7 cm³/mol. The Bertz CT molecular complexity index is 268. The lowest BCUT2D eigenvalue weighted by Crippen LogP contribution is -2.33. The topological polar surface area (TPSA) is 76.7 Å². The van der Waals surface area contributed by atoms with Crippen LogP contribution in [-0.4, -0.2) is 27.3 Å². The van der Waals surface area contributed by atoms with Crippen LogP contribution in [0.3, 0.4) is 0 Å². The molecule has 0 unspecified atom stereocenters. The van der Waals surface area contributed by atoms with Crippen molar-refractivity contribution in [3.8, 4) is 0 Å². The molecular weight excluding hydrogens is 178 g/mol. The van der Waals surface area contributed by atoms with E-state index in [-0.39, 0.29) is 0 Å². The summed E-state index contributed by atoms with van der Waals surface area (Å²) in [4.78, 5) is 4.08. The molecule has 1 fully saturated rings. The van der Waals surface area contributed by atoms with Crippen molar-refractivity contribution in [2.24, 2.45) is 5.73 Å².